The summed E-state index contributed by atoms with van der Waals surface area (Å²) in [6.07, 6.45) is -1.46. The van der Waals surface area contributed by atoms with Crippen LogP contribution in [0.1, 0.15) is 18.4 Å². The molecule has 0 spiro atoms. The summed E-state index contributed by atoms with van der Waals surface area (Å²) in [5.41, 5.74) is 0.789. The molecule has 0 aromatic heterocycles. The van der Waals surface area contributed by atoms with Crippen molar-refractivity contribution in [3.05, 3.63) is 33.8 Å². The molecule has 1 aromatic rings. The van der Waals surface area contributed by atoms with Gasteiger partial charge in [0.1, 0.15) is 6.61 Å². The molecule has 26 heavy (non-hydrogen) atoms. The number of benzene rings is 1. The molecule has 0 unspecified atom stereocenters. The molecule has 1 heterocycles. The number of hydrogen-bond acceptors (Lipinski definition) is 5. The molecule has 9 heteroatoms. The lowest BCUT2D eigenvalue weighted by Crippen LogP contribution is -2.36. The molecule has 144 valence electrons. The van der Waals surface area contributed by atoms with Crippen LogP contribution in [0.25, 0.3) is 0 Å². The van der Waals surface area contributed by atoms with Crippen molar-refractivity contribution in [3.8, 4) is 0 Å². The van der Waals surface area contributed by atoms with Crippen molar-refractivity contribution in [2.24, 2.45) is 0 Å². The fourth-order valence-corrected chi connectivity index (χ4v) is 3.05. The normalized spacial score (nSPS) is 20.5. The van der Waals surface area contributed by atoms with Gasteiger partial charge in [0.15, 0.2) is 0 Å². The quantitative estimate of drug-likeness (QED) is 0.731. The fraction of sp³-hybridized carbons (Fsp3) is 0.529. The van der Waals surface area contributed by atoms with Crippen molar-refractivity contribution in [2.45, 2.75) is 18.9 Å². The number of amides is 1. The lowest BCUT2D eigenvalue weighted by atomic mass is 9.93. The van der Waals surface area contributed by atoms with E-state index >= 15 is 0 Å². The first-order valence-electron chi connectivity index (χ1n) is 8.20. The maximum Gasteiger partial charge on any atom is 0.407 e. The van der Waals surface area contributed by atoms with Gasteiger partial charge in [0.25, 0.3) is 0 Å². The minimum atomic E-state index is -1.02. The number of ether oxygens (including phenoxy) is 3. The minimum absolute atomic E-state index is 0.122. The van der Waals surface area contributed by atoms with Crippen molar-refractivity contribution in [1.29, 1.82) is 0 Å². The average Bonchev–Trinajstić information content (AvgIpc) is 2.80. The molecule has 0 saturated carbocycles. The first-order chi connectivity index (χ1) is 12.4. The molecule has 1 N–H and O–H groups in total. The molecule has 0 aliphatic carbocycles. The molecule has 1 aliphatic rings. The Morgan fingerprint density at radius 2 is 2.12 bits per heavy atom. The molecule has 2 atom stereocenters. The highest BCUT2D eigenvalue weighted by Gasteiger charge is 2.32. The number of nitrogens with zero attached hydrogens (tertiary/aromatic N) is 1. The Bertz CT molecular complexity index is 642. The van der Waals surface area contributed by atoms with E-state index < -0.39 is 18.2 Å². The molecule has 1 fully saturated rings. The van der Waals surface area contributed by atoms with Crippen LogP contribution >= 0.6 is 23.2 Å². The molecule has 0 radical (unpaired) electrons. The number of rotatable bonds is 6. The zero-order chi connectivity index (χ0) is 19.1. The summed E-state index contributed by atoms with van der Waals surface area (Å²) in [6, 6.07) is 5.14. The van der Waals surface area contributed by atoms with Crippen molar-refractivity contribution < 1.29 is 28.9 Å². The zero-order valence-electron chi connectivity index (χ0n) is 14.3. The van der Waals surface area contributed by atoms with Gasteiger partial charge in [-0.25, -0.2) is 9.59 Å². The number of esters is 1. The van der Waals surface area contributed by atoms with Gasteiger partial charge in [0, 0.05) is 19.0 Å². The van der Waals surface area contributed by atoms with Gasteiger partial charge in [-0.2, -0.15) is 0 Å². The van der Waals surface area contributed by atoms with Crippen molar-refractivity contribution >= 4 is 35.3 Å². The van der Waals surface area contributed by atoms with E-state index in [-0.39, 0.29) is 45.4 Å². The van der Waals surface area contributed by atoms with E-state index in [0.29, 0.717) is 10.0 Å². The maximum atomic E-state index is 11.4. The largest absolute Gasteiger partial charge is 0.465 e. The molecular weight excluding hydrogens is 385 g/mol. The second-order valence-corrected chi connectivity index (χ2v) is 6.55. The number of halogens is 2. The Kier molecular flexibility index (Phi) is 7.96. The standard InChI is InChI=1S/C17H21Cl2NO6/c1-2-25-16(21)10-24-9-15-12(8-20(17(22)23)5-6-26-15)11-3-4-13(18)14(19)7-11/h3-4,7,12,15H,2,5-6,8-10H2,1H3,(H,22,23)/t12-,15-/m1/s1. The van der Waals surface area contributed by atoms with E-state index in [1.807, 2.05) is 0 Å². The van der Waals surface area contributed by atoms with Crippen LogP contribution in [-0.2, 0) is 19.0 Å². The SMILES string of the molecule is CCOC(=O)COC[C@H]1OCCN(C(=O)O)C[C@@H]1c1ccc(Cl)c(Cl)c1. The fourth-order valence-electron chi connectivity index (χ4n) is 2.74. The van der Waals surface area contributed by atoms with Crippen LogP contribution in [0.4, 0.5) is 4.79 Å². The highest BCUT2D eigenvalue weighted by atomic mass is 35.5. The molecule has 0 bridgehead atoms. The van der Waals surface area contributed by atoms with E-state index in [9.17, 15) is 14.7 Å². The Hall–Kier alpha value is -1.54. The van der Waals surface area contributed by atoms with Gasteiger partial charge in [0.05, 0.1) is 36.0 Å². The Morgan fingerprint density at radius 3 is 2.77 bits per heavy atom. The van der Waals surface area contributed by atoms with Gasteiger partial charge in [0.2, 0.25) is 0 Å². The molecule has 1 amide bonds. The Morgan fingerprint density at radius 1 is 1.35 bits per heavy atom. The second kappa shape index (κ2) is 9.97. The minimum Gasteiger partial charge on any atom is -0.465 e. The highest BCUT2D eigenvalue weighted by Crippen LogP contribution is 2.31. The predicted molar refractivity (Wildman–Crippen MR) is 96.0 cm³/mol. The third-order valence-electron chi connectivity index (χ3n) is 4.01. The summed E-state index contributed by atoms with van der Waals surface area (Å²) in [4.78, 5) is 24.1. The van der Waals surface area contributed by atoms with Crippen LogP contribution in [0.5, 0.6) is 0 Å². The molecule has 1 aliphatic heterocycles. The molecular formula is C17H21Cl2NO6. The van der Waals surface area contributed by atoms with Crippen molar-refractivity contribution in [2.75, 3.05) is 39.5 Å². The molecule has 1 aromatic carbocycles. The van der Waals surface area contributed by atoms with Crippen molar-refractivity contribution in [3.63, 3.8) is 0 Å². The second-order valence-electron chi connectivity index (χ2n) is 5.74. The Balaban J connectivity index is 2.14. The van der Waals surface area contributed by atoms with Crippen LogP contribution < -0.4 is 0 Å². The van der Waals surface area contributed by atoms with E-state index in [4.69, 9.17) is 37.4 Å². The van der Waals surface area contributed by atoms with E-state index in [1.54, 1.807) is 25.1 Å². The van der Waals surface area contributed by atoms with Gasteiger partial charge in [-0.15, -0.1) is 0 Å². The maximum absolute atomic E-state index is 11.4. The summed E-state index contributed by atoms with van der Waals surface area (Å²) in [7, 11) is 0. The summed E-state index contributed by atoms with van der Waals surface area (Å²) in [5.74, 6) is -0.773. The zero-order valence-corrected chi connectivity index (χ0v) is 15.8. The topological polar surface area (TPSA) is 85.3 Å². The van der Waals surface area contributed by atoms with Gasteiger partial charge >= 0.3 is 12.1 Å². The number of hydrogen-bond donors (Lipinski definition) is 1. The lowest BCUT2D eigenvalue weighted by molar-refractivity contribution is -0.150. The Labute approximate surface area is 161 Å². The first-order valence-corrected chi connectivity index (χ1v) is 8.95. The average molecular weight is 406 g/mol. The van der Waals surface area contributed by atoms with Gasteiger partial charge in [-0.05, 0) is 24.6 Å². The van der Waals surface area contributed by atoms with E-state index in [0.717, 1.165) is 5.56 Å². The third-order valence-corrected chi connectivity index (χ3v) is 4.75. The number of carbonyl (C=O) groups excluding carboxylic acids is 1. The molecule has 7 nitrogen and oxygen atoms in total. The van der Waals surface area contributed by atoms with Gasteiger partial charge < -0.3 is 24.2 Å². The first kappa shape index (κ1) is 20.8. The molecule has 1 saturated heterocycles. The lowest BCUT2D eigenvalue weighted by Gasteiger charge is -2.27. The van der Waals surface area contributed by atoms with Crippen LogP contribution in [-0.4, -0.2) is 67.7 Å². The van der Waals surface area contributed by atoms with Crippen LogP contribution in [0.3, 0.4) is 0 Å². The monoisotopic (exact) mass is 405 g/mol. The molecule has 2 rings (SSSR count). The van der Waals surface area contributed by atoms with E-state index in [1.165, 1.54) is 4.90 Å². The van der Waals surface area contributed by atoms with Gasteiger partial charge in [-0.3, -0.25) is 0 Å². The van der Waals surface area contributed by atoms with Crippen LogP contribution in [0.2, 0.25) is 10.0 Å². The highest BCUT2D eigenvalue weighted by molar-refractivity contribution is 6.42. The van der Waals surface area contributed by atoms with Gasteiger partial charge in [-0.1, -0.05) is 29.3 Å². The summed E-state index contributed by atoms with van der Waals surface area (Å²) in [6.45, 7) is 2.64. The summed E-state index contributed by atoms with van der Waals surface area (Å²) in [5, 5.41) is 10.1. The third kappa shape index (κ3) is 5.74. The van der Waals surface area contributed by atoms with E-state index in [2.05, 4.69) is 0 Å². The van der Waals surface area contributed by atoms with Crippen molar-refractivity contribution in [1.82, 2.24) is 4.90 Å². The number of carboxylic acid groups (broad SMARTS) is 1. The smallest absolute Gasteiger partial charge is 0.407 e. The number of carbonyl (C=O) groups is 2. The summed E-state index contributed by atoms with van der Waals surface area (Å²) < 4.78 is 16.0. The predicted octanol–water partition coefficient (Wildman–Crippen LogP) is 3.04. The van der Waals surface area contributed by atoms with Crippen LogP contribution in [0.15, 0.2) is 18.2 Å². The van der Waals surface area contributed by atoms with Crippen LogP contribution in [0, 0.1) is 0 Å². The summed E-state index contributed by atoms with van der Waals surface area (Å²) >= 11 is 12.1.